The monoisotopic (exact) mass is 498 g/mol. The molecule has 3 aromatic rings. The van der Waals surface area contributed by atoms with Crippen molar-refractivity contribution in [3.05, 3.63) is 89.5 Å². The summed E-state index contributed by atoms with van der Waals surface area (Å²) in [5.74, 6) is 1.78. The fraction of sp³-hybridized carbons (Fsp3) is 0.333. The summed E-state index contributed by atoms with van der Waals surface area (Å²) in [5, 5.41) is 0. The molecule has 190 valence electrons. The van der Waals surface area contributed by atoms with Crippen molar-refractivity contribution in [2.24, 2.45) is 5.92 Å². The smallest absolute Gasteiger partial charge is 0.249 e. The molecule has 3 heterocycles. The zero-order chi connectivity index (χ0) is 25.7. The average Bonchev–Trinajstić information content (AvgIpc) is 3.22. The topological polar surface area (TPSA) is 68.3 Å². The van der Waals surface area contributed by atoms with Crippen molar-refractivity contribution in [3.63, 3.8) is 0 Å². The molecule has 3 unspecified atom stereocenters. The molecular formula is C30H30N2O5. The SMILES string of the molecule is COc1ccc(CN2CC(=O)N3C4c5ccc(OC)cc5OCC4C(c4ccccc4)[C@]3(C)C2=O)cc1. The van der Waals surface area contributed by atoms with Gasteiger partial charge >= 0.3 is 0 Å². The Bertz CT molecular complexity index is 1340. The highest BCUT2D eigenvalue weighted by molar-refractivity contribution is 6.00. The Balaban J connectivity index is 1.44. The van der Waals surface area contributed by atoms with Crippen molar-refractivity contribution < 1.29 is 23.8 Å². The lowest BCUT2D eigenvalue weighted by Crippen LogP contribution is -2.65. The first-order valence-corrected chi connectivity index (χ1v) is 12.6. The number of ether oxygens (including phenoxy) is 3. The zero-order valence-corrected chi connectivity index (χ0v) is 21.2. The molecule has 3 aromatic carbocycles. The summed E-state index contributed by atoms with van der Waals surface area (Å²) in [4.78, 5) is 31.9. The van der Waals surface area contributed by atoms with Crippen LogP contribution in [0.2, 0.25) is 0 Å². The molecule has 2 amide bonds. The average molecular weight is 499 g/mol. The molecule has 0 bridgehead atoms. The standard InChI is InChI=1S/C30H30N2O5/c1-30-27(20-7-5-4-6-8-20)24-18-37-25-15-22(36-3)13-14-23(25)28(24)32(30)26(33)17-31(29(30)34)16-19-9-11-21(35-2)12-10-19/h4-15,24,27-28H,16-18H2,1-3H3/t24?,27?,28?,30-/m1/s1. The van der Waals surface area contributed by atoms with Gasteiger partial charge in [0, 0.05) is 30.0 Å². The second-order valence-electron chi connectivity index (χ2n) is 10.1. The Labute approximate surface area is 216 Å². The molecule has 2 fully saturated rings. The maximum atomic E-state index is 14.4. The lowest BCUT2D eigenvalue weighted by atomic mass is 9.73. The largest absolute Gasteiger partial charge is 0.497 e. The zero-order valence-electron chi connectivity index (χ0n) is 21.2. The van der Waals surface area contributed by atoms with Gasteiger partial charge in [-0.15, -0.1) is 0 Å². The van der Waals surface area contributed by atoms with E-state index in [1.165, 1.54) is 0 Å². The van der Waals surface area contributed by atoms with Crippen LogP contribution in [0.15, 0.2) is 72.8 Å². The molecule has 7 heteroatoms. The highest BCUT2D eigenvalue weighted by atomic mass is 16.5. The molecular weight excluding hydrogens is 468 g/mol. The number of methoxy groups -OCH3 is 2. The quantitative estimate of drug-likeness (QED) is 0.528. The second-order valence-corrected chi connectivity index (χ2v) is 10.1. The van der Waals surface area contributed by atoms with E-state index in [4.69, 9.17) is 14.2 Å². The van der Waals surface area contributed by atoms with E-state index in [0.29, 0.717) is 24.7 Å². The van der Waals surface area contributed by atoms with Crippen molar-refractivity contribution in [2.75, 3.05) is 27.4 Å². The normalized spacial score (nSPS) is 26.2. The molecule has 3 aliphatic heterocycles. The van der Waals surface area contributed by atoms with Crippen LogP contribution in [0.5, 0.6) is 17.2 Å². The number of carbonyl (C=O) groups is 2. The van der Waals surface area contributed by atoms with Crippen LogP contribution in [-0.2, 0) is 16.1 Å². The molecule has 0 aliphatic carbocycles. The van der Waals surface area contributed by atoms with E-state index < -0.39 is 5.54 Å². The molecule has 2 saturated heterocycles. The predicted molar refractivity (Wildman–Crippen MR) is 138 cm³/mol. The van der Waals surface area contributed by atoms with E-state index in [-0.39, 0.29) is 36.2 Å². The van der Waals surface area contributed by atoms with Crippen molar-refractivity contribution >= 4 is 11.8 Å². The summed E-state index contributed by atoms with van der Waals surface area (Å²) in [6.45, 7) is 2.75. The van der Waals surface area contributed by atoms with E-state index in [0.717, 1.165) is 22.4 Å². The Morgan fingerprint density at radius 3 is 2.35 bits per heavy atom. The first-order chi connectivity index (χ1) is 18.0. The van der Waals surface area contributed by atoms with Gasteiger partial charge in [-0.1, -0.05) is 42.5 Å². The van der Waals surface area contributed by atoms with Crippen LogP contribution >= 0.6 is 0 Å². The third-order valence-electron chi connectivity index (χ3n) is 8.19. The molecule has 0 radical (unpaired) electrons. The number of carbonyl (C=O) groups excluding carboxylic acids is 2. The van der Waals surface area contributed by atoms with Crippen LogP contribution in [0.25, 0.3) is 0 Å². The maximum Gasteiger partial charge on any atom is 0.249 e. The third-order valence-corrected chi connectivity index (χ3v) is 8.19. The van der Waals surface area contributed by atoms with Gasteiger partial charge in [0.15, 0.2) is 0 Å². The van der Waals surface area contributed by atoms with Crippen LogP contribution in [0, 0.1) is 5.92 Å². The van der Waals surface area contributed by atoms with Gasteiger partial charge in [0.1, 0.15) is 29.3 Å². The molecule has 7 nitrogen and oxygen atoms in total. The number of hydrogen-bond donors (Lipinski definition) is 0. The minimum absolute atomic E-state index is 0.0392. The molecule has 3 aliphatic rings. The Morgan fingerprint density at radius 1 is 0.946 bits per heavy atom. The van der Waals surface area contributed by atoms with Crippen LogP contribution < -0.4 is 14.2 Å². The number of amides is 2. The number of nitrogens with zero attached hydrogens (tertiary/aromatic N) is 2. The van der Waals surface area contributed by atoms with Crippen LogP contribution in [0.3, 0.4) is 0 Å². The number of hydrogen-bond acceptors (Lipinski definition) is 5. The Kier molecular flexibility index (Phi) is 5.59. The summed E-state index contributed by atoms with van der Waals surface area (Å²) in [6.07, 6.45) is 0. The molecule has 4 atom stereocenters. The highest BCUT2D eigenvalue weighted by Crippen LogP contribution is 2.60. The Hall–Kier alpha value is -4.00. The Morgan fingerprint density at radius 2 is 1.65 bits per heavy atom. The summed E-state index contributed by atoms with van der Waals surface area (Å²) in [6, 6.07) is 23.2. The van der Waals surface area contributed by atoms with Crippen LogP contribution in [0.4, 0.5) is 0 Å². The first kappa shape index (κ1) is 23.4. The highest BCUT2D eigenvalue weighted by Gasteiger charge is 2.66. The lowest BCUT2D eigenvalue weighted by molar-refractivity contribution is -0.164. The van der Waals surface area contributed by atoms with Crippen LogP contribution in [0.1, 0.15) is 35.6 Å². The molecule has 0 spiro atoms. The number of fused-ring (bicyclic) bond motifs is 5. The van der Waals surface area contributed by atoms with Gasteiger partial charge in [0.05, 0.1) is 26.9 Å². The number of rotatable bonds is 5. The number of benzene rings is 3. The lowest BCUT2D eigenvalue weighted by Gasteiger charge is -2.47. The van der Waals surface area contributed by atoms with E-state index in [2.05, 4.69) is 12.1 Å². The van der Waals surface area contributed by atoms with Crippen molar-refractivity contribution in [1.29, 1.82) is 0 Å². The summed E-state index contributed by atoms with van der Waals surface area (Å²) in [5.41, 5.74) is 1.86. The van der Waals surface area contributed by atoms with Crippen LogP contribution in [-0.4, -0.2) is 54.5 Å². The fourth-order valence-electron chi connectivity index (χ4n) is 6.58. The van der Waals surface area contributed by atoms with Gasteiger partial charge in [-0.2, -0.15) is 0 Å². The minimum Gasteiger partial charge on any atom is -0.497 e. The van der Waals surface area contributed by atoms with Crippen molar-refractivity contribution in [3.8, 4) is 17.2 Å². The van der Waals surface area contributed by atoms with Gasteiger partial charge in [-0.05, 0) is 42.3 Å². The van der Waals surface area contributed by atoms with Crippen molar-refractivity contribution in [1.82, 2.24) is 9.80 Å². The van der Waals surface area contributed by atoms with E-state index in [9.17, 15) is 9.59 Å². The van der Waals surface area contributed by atoms with E-state index in [1.807, 2.05) is 72.5 Å². The molecule has 37 heavy (non-hydrogen) atoms. The fourth-order valence-corrected chi connectivity index (χ4v) is 6.58. The van der Waals surface area contributed by atoms with Gasteiger partial charge in [0.25, 0.3) is 0 Å². The molecule has 6 rings (SSSR count). The predicted octanol–water partition coefficient (Wildman–Crippen LogP) is 4.18. The molecule has 0 aromatic heterocycles. The minimum atomic E-state index is -1.05. The second kappa shape index (κ2) is 8.83. The van der Waals surface area contributed by atoms with E-state index in [1.54, 1.807) is 19.1 Å². The maximum absolute atomic E-state index is 14.4. The van der Waals surface area contributed by atoms with E-state index >= 15 is 0 Å². The molecule has 0 saturated carbocycles. The third kappa shape index (κ3) is 3.56. The number of piperazine rings is 1. The van der Waals surface area contributed by atoms with Crippen molar-refractivity contribution in [2.45, 2.75) is 31.0 Å². The summed E-state index contributed by atoms with van der Waals surface area (Å²) in [7, 11) is 3.24. The van der Waals surface area contributed by atoms with Gasteiger partial charge in [-0.25, -0.2) is 0 Å². The molecule has 0 N–H and O–H groups in total. The van der Waals surface area contributed by atoms with Gasteiger partial charge in [-0.3, -0.25) is 9.59 Å². The summed E-state index contributed by atoms with van der Waals surface area (Å²) >= 11 is 0. The van der Waals surface area contributed by atoms with Gasteiger partial charge < -0.3 is 24.0 Å². The van der Waals surface area contributed by atoms with Gasteiger partial charge in [0.2, 0.25) is 11.8 Å². The first-order valence-electron chi connectivity index (χ1n) is 12.6. The summed E-state index contributed by atoms with van der Waals surface area (Å²) < 4.78 is 16.9.